The number of benzene rings is 2. The van der Waals surface area contributed by atoms with Crippen molar-refractivity contribution in [1.82, 2.24) is 10.0 Å². The standard InChI is InChI=1S/C19H24N2O4S/c1-3-25-19(22)18(14-20-13-16-7-5-4-6-8-16)21-26(23,24)17-11-9-15(2)10-12-17/h4-12,18,20-21H,3,13-14H2,1-2H3. The van der Waals surface area contributed by atoms with Gasteiger partial charge in [0, 0.05) is 13.1 Å². The Morgan fingerprint density at radius 2 is 1.73 bits per heavy atom. The summed E-state index contributed by atoms with van der Waals surface area (Å²) in [5, 5.41) is 3.10. The maximum absolute atomic E-state index is 12.5. The number of carbonyl (C=O) groups is 1. The first-order valence-electron chi connectivity index (χ1n) is 8.42. The molecule has 6 nitrogen and oxygen atoms in total. The Bertz CT molecular complexity index is 805. The van der Waals surface area contributed by atoms with E-state index < -0.39 is 22.0 Å². The van der Waals surface area contributed by atoms with Crippen LogP contribution in [0.15, 0.2) is 59.5 Å². The fourth-order valence-electron chi connectivity index (χ4n) is 2.35. The minimum absolute atomic E-state index is 0.112. The molecule has 0 aromatic heterocycles. The lowest BCUT2D eigenvalue weighted by molar-refractivity contribution is -0.145. The van der Waals surface area contributed by atoms with E-state index in [-0.39, 0.29) is 18.0 Å². The second-order valence-corrected chi connectivity index (χ2v) is 7.57. The van der Waals surface area contributed by atoms with Crippen molar-refractivity contribution in [2.24, 2.45) is 0 Å². The third-order valence-electron chi connectivity index (χ3n) is 3.72. The van der Waals surface area contributed by atoms with E-state index >= 15 is 0 Å². The maximum atomic E-state index is 12.5. The molecule has 2 aromatic rings. The highest BCUT2D eigenvalue weighted by molar-refractivity contribution is 7.89. The van der Waals surface area contributed by atoms with Gasteiger partial charge in [-0.25, -0.2) is 8.42 Å². The molecule has 1 unspecified atom stereocenters. The van der Waals surface area contributed by atoms with E-state index in [1.807, 2.05) is 37.3 Å². The van der Waals surface area contributed by atoms with Crippen molar-refractivity contribution in [3.05, 3.63) is 65.7 Å². The van der Waals surface area contributed by atoms with E-state index in [4.69, 9.17) is 4.74 Å². The van der Waals surface area contributed by atoms with Gasteiger partial charge in [0.2, 0.25) is 10.0 Å². The molecule has 0 amide bonds. The lowest BCUT2D eigenvalue weighted by Crippen LogP contribution is -2.47. The number of carbonyl (C=O) groups excluding carboxylic acids is 1. The minimum atomic E-state index is -3.83. The van der Waals surface area contributed by atoms with E-state index in [9.17, 15) is 13.2 Å². The van der Waals surface area contributed by atoms with Gasteiger partial charge in [-0.1, -0.05) is 48.0 Å². The van der Waals surface area contributed by atoms with Crippen molar-refractivity contribution in [2.45, 2.75) is 31.3 Å². The van der Waals surface area contributed by atoms with Gasteiger partial charge in [0.25, 0.3) is 0 Å². The van der Waals surface area contributed by atoms with Crippen LogP contribution in [0.3, 0.4) is 0 Å². The highest BCUT2D eigenvalue weighted by atomic mass is 32.2. The van der Waals surface area contributed by atoms with E-state index in [1.165, 1.54) is 12.1 Å². The number of ether oxygens (including phenoxy) is 1. The Kier molecular flexibility index (Phi) is 7.32. The summed E-state index contributed by atoms with van der Waals surface area (Å²) in [5.74, 6) is -0.608. The zero-order chi connectivity index (χ0) is 19.0. The zero-order valence-corrected chi connectivity index (χ0v) is 15.8. The molecule has 140 valence electrons. The molecule has 0 saturated heterocycles. The average molecular weight is 376 g/mol. The summed E-state index contributed by atoms with van der Waals surface area (Å²) in [7, 11) is -3.83. The van der Waals surface area contributed by atoms with Crippen LogP contribution in [0, 0.1) is 6.92 Å². The Hall–Kier alpha value is -2.22. The molecule has 0 radical (unpaired) electrons. The normalized spacial score (nSPS) is 12.5. The molecule has 2 aromatic carbocycles. The number of nitrogens with one attached hydrogen (secondary N) is 2. The van der Waals surface area contributed by atoms with Crippen LogP contribution in [0.4, 0.5) is 0 Å². The van der Waals surface area contributed by atoms with Gasteiger partial charge in [-0.2, -0.15) is 4.72 Å². The van der Waals surface area contributed by atoms with Gasteiger partial charge in [-0.3, -0.25) is 4.79 Å². The summed E-state index contributed by atoms with van der Waals surface area (Å²) in [6, 6.07) is 15.1. The molecule has 0 saturated carbocycles. The van der Waals surface area contributed by atoms with Crippen LogP contribution in [0.25, 0.3) is 0 Å². The predicted molar refractivity (Wildman–Crippen MR) is 100 cm³/mol. The molecule has 1 atom stereocenters. The summed E-state index contributed by atoms with van der Waals surface area (Å²) in [5.41, 5.74) is 1.99. The molecule has 0 heterocycles. The Balaban J connectivity index is 2.06. The Labute approximate surface area is 154 Å². The first kappa shape index (κ1) is 20.1. The lowest BCUT2D eigenvalue weighted by atomic mass is 10.2. The fourth-order valence-corrected chi connectivity index (χ4v) is 3.53. The van der Waals surface area contributed by atoms with Gasteiger partial charge >= 0.3 is 5.97 Å². The van der Waals surface area contributed by atoms with Gasteiger partial charge in [0.15, 0.2) is 0 Å². The van der Waals surface area contributed by atoms with Gasteiger partial charge < -0.3 is 10.1 Å². The summed E-state index contributed by atoms with van der Waals surface area (Å²) < 4.78 is 32.5. The molecule has 0 fully saturated rings. The Morgan fingerprint density at radius 1 is 1.08 bits per heavy atom. The van der Waals surface area contributed by atoms with E-state index in [0.717, 1.165) is 11.1 Å². The topological polar surface area (TPSA) is 84.5 Å². The molecule has 0 aliphatic carbocycles. The highest BCUT2D eigenvalue weighted by Crippen LogP contribution is 2.11. The molecule has 2 rings (SSSR count). The van der Waals surface area contributed by atoms with Crippen molar-refractivity contribution in [3.63, 3.8) is 0 Å². The number of rotatable bonds is 9. The van der Waals surface area contributed by atoms with Crippen LogP contribution in [0.2, 0.25) is 0 Å². The summed E-state index contributed by atoms with van der Waals surface area (Å²) in [6.45, 7) is 4.38. The van der Waals surface area contributed by atoms with E-state index in [1.54, 1.807) is 19.1 Å². The molecule has 0 bridgehead atoms. The van der Waals surface area contributed by atoms with Crippen molar-refractivity contribution in [2.75, 3.05) is 13.2 Å². The lowest BCUT2D eigenvalue weighted by Gasteiger charge is -2.18. The molecule has 0 aliphatic heterocycles. The fraction of sp³-hybridized carbons (Fsp3) is 0.316. The SMILES string of the molecule is CCOC(=O)C(CNCc1ccccc1)NS(=O)(=O)c1ccc(C)cc1. The van der Waals surface area contributed by atoms with Gasteiger partial charge in [0.1, 0.15) is 6.04 Å². The molecule has 26 heavy (non-hydrogen) atoms. The first-order valence-corrected chi connectivity index (χ1v) is 9.91. The largest absolute Gasteiger partial charge is 0.465 e. The molecule has 0 aliphatic rings. The third kappa shape index (κ3) is 5.94. The monoisotopic (exact) mass is 376 g/mol. The van der Waals surface area contributed by atoms with Crippen molar-refractivity contribution in [3.8, 4) is 0 Å². The van der Waals surface area contributed by atoms with Crippen LogP contribution in [-0.4, -0.2) is 33.6 Å². The van der Waals surface area contributed by atoms with Gasteiger partial charge in [-0.15, -0.1) is 0 Å². The summed E-state index contributed by atoms with van der Waals surface area (Å²) in [4.78, 5) is 12.3. The molecular weight excluding hydrogens is 352 g/mol. The smallest absolute Gasteiger partial charge is 0.325 e. The van der Waals surface area contributed by atoms with Gasteiger partial charge in [-0.05, 0) is 31.5 Å². The number of sulfonamides is 1. The summed E-state index contributed by atoms with van der Waals surface area (Å²) >= 11 is 0. The quantitative estimate of drug-likeness (QED) is 0.654. The van der Waals surface area contributed by atoms with Crippen molar-refractivity contribution >= 4 is 16.0 Å². The maximum Gasteiger partial charge on any atom is 0.325 e. The van der Waals surface area contributed by atoms with Crippen LogP contribution in [0.1, 0.15) is 18.1 Å². The van der Waals surface area contributed by atoms with Crippen LogP contribution in [0.5, 0.6) is 0 Å². The van der Waals surface area contributed by atoms with Crippen molar-refractivity contribution < 1.29 is 17.9 Å². The molecule has 0 spiro atoms. The van der Waals surface area contributed by atoms with E-state index in [2.05, 4.69) is 10.0 Å². The first-order chi connectivity index (χ1) is 12.4. The second-order valence-electron chi connectivity index (χ2n) is 5.86. The second kappa shape index (κ2) is 9.47. The van der Waals surface area contributed by atoms with Crippen LogP contribution >= 0.6 is 0 Å². The number of esters is 1. The molecular formula is C19H24N2O4S. The zero-order valence-electron chi connectivity index (χ0n) is 14.9. The number of hydrogen-bond donors (Lipinski definition) is 2. The molecule has 2 N–H and O–H groups in total. The van der Waals surface area contributed by atoms with Gasteiger partial charge in [0.05, 0.1) is 11.5 Å². The average Bonchev–Trinajstić information content (AvgIpc) is 2.62. The third-order valence-corrected chi connectivity index (χ3v) is 5.21. The number of hydrogen-bond acceptors (Lipinski definition) is 5. The Morgan fingerprint density at radius 3 is 2.35 bits per heavy atom. The van der Waals surface area contributed by atoms with Crippen molar-refractivity contribution in [1.29, 1.82) is 0 Å². The predicted octanol–water partition coefficient (Wildman–Crippen LogP) is 1.99. The highest BCUT2D eigenvalue weighted by Gasteiger charge is 2.26. The summed E-state index contributed by atoms with van der Waals surface area (Å²) in [6.07, 6.45) is 0. The van der Waals surface area contributed by atoms with Crippen LogP contribution < -0.4 is 10.0 Å². The minimum Gasteiger partial charge on any atom is -0.465 e. The van der Waals surface area contributed by atoms with Crippen LogP contribution in [-0.2, 0) is 26.1 Å². The van der Waals surface area contributed by atoms with E-state index in [0.29, 0.717) is 6.54 Å². The molecule has 7 heteroatoms. The number of aryl methyl sites for hydroxylation is 1.